The number of carbonyl (C=O) groups is 2. The van der Waals surface area contributed by atoms with Crippen LogP contribution >= 0.6 is 0 Å². The molecule has 2 saturated carbocycles. The standard InChI is InChI=1S/C12H14O4/c1-6(2)10(13)15-12-5-7-3-8(9(12)4-7)11(14)16-12/h7-9H,1,3-5H2,2H3. The van der Waals surface area contributed by atoms with Crippen LogP contribution in [0.5, 0.6) is 0 Å². The van der Waals surface area contributed by atoms with Crippen LogP contribution < -0.4 is 0 Å². The van der Waals surface area contributed by atoms with Crippen LogP contribution in [0.15, 0.2) is 12.2 Å². The van der Waals surface area contributed by atoms with Gasteiger partial charge in [0.25, 0.3) is 5.79 Å². The van der Waals surface area contributed by atoms with Gasteiger partial charge in [0.05, 0.1) is 11.8 Å². The van der Waals surface area contributed by atoms with Gasteiger partial charge in [-0.25, -0.2) is 4.79 Å². The Morgan fingerprint density at radius 1 is 1.56 bits per heavy atom. The molecule has 2 bridgehead atoms. The van der Waals surface area contributed by atoms with Crippen molar-refractivity contribution in [3.63, 3.8) is 0 Å². The van der Waals surface area contributed by atoms with Crippen LogP contribution in [0.25, 0.3) is 0 Å². The Morgan fingerprint density at radius 3 is 2.94 bits per heavy atom. The number of hydrogen-bond donors (Lipinski definition) is 0. The van der Waals surface area contributed by atoms with Gasteiger partial charge in [0, 0.05) is 12.0 Å². The molecule has 1 saturated heterocycles. The van der Waals surface area contributed by atoms with Gasteiger partial charge in [-0.05, 0) is 25.7 Å². The van der Waals surface area contributed by atoms with E-state index in [-0.39, 0.29) is 17.8 Å². The van der Waals surface area contributed by atoms with Crippen LogP contribution in [0.1, 0.15) is 26.2 Å². The van der Waals surface area contributed by atoms with Crippen LogP contribution in [0.4, 0.5) is 0 Å². The summed E-state index contributed by atoms with van der Waals surface area (Å²) in [5, 5.41) is 0. The summed E-state index contributed by atoms with van der Waals surface area (Å²) in [4.78, 5) is 23.2. The van der Waals surface area contributed by atoms with E-state index in [2.05, 4.69) is 6.58 Å². The summed E-state index contributed by atoms with van der Waals surface area (Å²) in [6.07, 6.45) is 2.51. The van der Waals surface area contributed by atoms with Gasteiger partial charge >= 0.3 is 11.9 Å². The number of esters is 2. The zero-order valence-electron chi connectivity index (χ0n) is 9.19. The molecule has 4 atom stereocenters. The summed E-state index contributed by atoms with van der Waals surface area (Å²) in [7, 11) is 0. The second kappa shape index (κ2) is 2.87. The minimum atomic E-state index is -0.958. The summed E-state index contributed by atoms with van der Waals surface area (Å²) in [5.74, 6) is -1.11. The molecule has 0 aromatic heterocycles. The van der Waals surface area contributed by atoms with Crippen molar-refractivity contribution in [1.82, 2.24) is 0 Å². The molecular formula is C12H14O4. The molecule has 4 nitrogen and oxygen atoms in total. The lowest BCUT2D eigenvalue weighted by Gasteiger charge is -2.29. The number of rotatable bonds is 2. The number of fused-ring (bicyclic) bond motifs is 1. The Balaban J connectivity index is 1.87. The topological polar surface area (TPSA) is 52.6 Å². The maximum atomic E-state index is 11.6. The average Bonchev–Trinajstić information content (AvgIpc) is 2.76. The fourth-order valence-electron chi connectivity index (χ4n) is 3.36. The second-order valence-corrected chi connectivity index (χ2v) is 5.16. The fourth-order valence-corrected chi connectivity index (χ4v) is 3.36. The van der Waals surface area contributed by atoms with Crippen molar-refractivity contribution in [1.29, 1.82) is 0 Å². The average molecular weight is 222 g/mol. The van der Waals surface area contributed by atoms with Crippen molar-refractivity contribution in [2.75, 3.05) is 0 Å². The first-order valence-electron chi connectivity index (χ1n) is 5.63. The summed E-state index contributed by atoms with van der Waals surface area (Å²) >= 11 is 0. The van der Waals surface area contributed by atoms with E-state index in [1.165, 1.54) is 0 Å². The van der Waals surface area contributed by atoms with Crippen LogP contribution in [-0.2, 0) is 19.1 Å². The van der Waals surface area contributed by atoms with Gasteiger partial charge in [-0.1, -0.05) is 6.58 Å². The third-order valence-corrected chi connectivity index (χ3v) is 3.99. The van der Waals surface area contributed by atoms with E-state index >= 15 is 0 Å². The van der Waals surface area contributed by atoms with Gasteiger partial charge in [0.1, 0.15) is 0 Å². The molecule has 0 spiro atoms. The monoisotopic (exact) mass is 222 g/mol. The molecule has 1 aliphatic heterocycles. The van der Waals surface area contributed by atoms with E-state index < -0.39 is 11.8 Å². The summed E-state index contributed by atoms with van der Waals surface area (Å²) < 4.78 is 10.7. The lowest BCUT2D eigenvalue weighted by molar-refractivity contribution is -0.219. The molecule has 3 aliphatic rings. The van der Waals surface area contributed by atoms with Gasteiger partial charge in [-0.2, -0.15) is 0 Å². The molecule has 2 aliphatic carbocycles. The molecule has 3 fully saturated rings. The molecule has 0 aromatic carbocycles. The third kappa shape index (κ3) is 1.10. The number of ether oxygens (including phenoxy) is 2. The minimum absolute atomic E-state index is 0.0447. The van der Waals surface area contributed by atoms with Crippen LogP contribution in [0.2, 0.25) is 0 Å². The molecule has 0 amide bonds. The van der Waals surface area contributed by atoms with Gasteiger partial charge < -0.3 is 9.47 Å². The lowest BCUT2D eigenvalue weighted by Crippen LogP contribution is -2.39. The first kappa shape index (κ1) is 9.87. The van der Waals surface area contributed by atoms with Crippen molar-refractivity contribution in [2.45, 2.75) is 32.0 Å². The highest BCUT2D eigenvalue weighted by Gasteiger charge is 2.68. The fraction of sp³-hybridized carbons (Fsp3) is 0.667. The second-order valence-electron chi connectivity index (χ2n) is 5.16. The third-order valence-electron chi connectivity index (χ3n) is 3.99. The maximum Gasteiger partial charge on any atom is 0.336 e. The quantitative estimate of drug-likeness (QED) is 0.523. The summed E-state index contributed by atoms with van der Waals surface area (Å²) in [5.41, 5.74) is 0.344. The summed E-state index contributed by atoms with van der Waals surface area (Å²) in [6.45, 7) is 5.14. The van der Waals surface area contributed by atoms with Gasteiger partial charge in [0.15, 0.2) is 0 Å². The molecule has 4 unspecified atom stereocenters. The molecular weight excluding hydrogens is 208 g/mol. The van der Waals surface area contributed by atoms with Crippen molar-refractivity contribution in [3.05, 3.63) is 12.2 Å². The van der Waals surface area contributed by atoms with Crippen molar-refractivity contribution in [3.8, 4) is 0 Å². The molecule has 86 valence electrons. The predicted octanol–water partition coefficient (Wildman–Crippen LogP) is 1.40. The molecule has 0 aromatic rings. The normalized spacial score (nSPS) is 43.3. The van der Waals surface area contributed by atoms with Gasteiger partial charge in [-0.15, -0.1) is 0 Å². The van der Waals surface area contributed by atoms with Crippen LogP contribution in [0.3, 0.4) is 0 Å². The highest BCUT2D eigenvalue weighted by atomic mass is 16.7. The smallest absolute Gasteiger partial charge is 0.336 e. The molecule has 1 heterocycles. The molecule has 16 heavy (non-hydrogen) atoms. The Bertz CT molecular complexity index is 400. The van der Waals surface area contributed by atoms with E-state index in [1.54, 1.807) is 6.92 Å². The Morgan fingerprint density at radius 2 is 2.31 bits per heavy atom. The van der Waals surface area contributed by atoms with E-state index in [9.17, 15) is 9.59 Å². The Kier molecular flexibility index (Phi) is 1.77. The van der Waals surface area contributed by atoms with E-state index in [4.69, 9.17) is 9.47 Å². The number of hydrogen-bond acceptors (Lipinski definition) is 4. The first-order valence-corrected chi connectivity index (χ1v) is 5.63. The minimum Gasteiger partial charge on any atom is -0.422 e. The van der Waals surface area contributed by atoms with Crippen molar-refractivity contribution < 1.29 is 19.1 Å². The maximum absolute atomic E-state index is 11.6. The molecule has 0 N–H and O–H groups in total. The van der Waals surface area contributed by atoms with Gasteiger partial charge in [0.2, 0.25) is 0 Å². The molecule has 3 rings (SSSR count). The highest BCUT2D eigenvalue weighted by Crippen LogP contribution is 2.60. The summed E-state index contributed by atoms with van der Waals surface area (Å²) in [6, 6.07) is 0. The SMILES string of the molecule is C=C(C)C(=O)OC12CC3CC(C(=O)O1)C2C3. The first-order chi connectivity index (χ1) is 7.52. The van der Waals surface area contributed by atoms with Gasteiger partial charge in [-0.3, -0.25) is 4.79 Å². The van der Waals surface area contributed by atoms with Crippen molar-refractivity contribution >= 4 is 11.9 Å². The van der Waals surface area contributed by atoms with Crippen molar-refractivity contribution in [2.24, 2.45) is 17.8 Å². The van der Waals surface area contributed by atoms with E-state index in [0.29, 0.717) is 17.9 Å². The number of carbonyl (C=O) groups excluding carboxylic acids is 2. The van der Waals surface area contributed by atoms with E-state index in [1.807, 2.05) is 0 Å². The zero-order valence-corrected chi connectivity index (χ0v) is 9.19. The Hall–Kier alpha value is -1.32. The lowest BCUT2D eigenvalue weighted by atomic mass is 9.87. The van der Waals surface area contributed by atoms with E-state index in [0.717, 1.165) is 12.8 Å². The van der Waals surface area contributed by atoms with Crippen LogP contribution in [0, 0.1) is 17.8 Å². The molecule has 4 heteroatoms. The highest BCUT2D eigenvalue weighted by molar-refractivity contribution is 5.88. The zero-order chi connectivity index (χ0) is 11.5. The Labute approximate surface area is 93.6 Å². The van der Waals surface area contributed by atoms with Crippen LogP contribution in [-0.4, -0.2) is 17.7 Å². The molecule has 0 radical (unpaired) electrons. The largest absolute Gasteiger partial charge is 0.422 e. The predicted molar refractivity (Wildman–Crippen MR) is 54.1 cm³/mol.